The highest BCUT2D eigenvalue weighted by Crippen LogP contribution is 2.60. The van der Waals surface area contributed by atoms with E-state index in [4.69, 9.17) is 4.74 Å². The van der Waals surface area contributed by atoms with Crippen LogP contribution in [0.1, 0.15) is 69.4 Å². The molecule has 3 aliphatic rings. The highest BCUT2D eigenvalue weighted by atomic mass is 16.5. The number of hydrogen-bond donors (Lipinski definition) is 0. The largest absolute Gasteiger partial charge is 0.497 e. The highest BCUT2D eigenvalue weighted by Gasteiger charge is 2.47. The molecule has 0 spiro atoms. The lowest BCUT2D eigenvalue weighted by Gasteiger charge is -2.44. The molecular formula is C21H28O. The summed E-state index contributed by atoms with van der Waals surface area (Å²) < 4.78 is 5.42. The van der Waals surface area contributed by atoms with Crippen LogP contribution >= 0.6 is 0 Å². The number of methoxy groups -OCH3 is 1. The van der Waals surface area contributed by atoms with E-state index in [9.17, 15) is 0 Å². The smallest absolute Gasteiger partial charge is 0.119 e. The van der Waals surface area contributed by atoms with Gasteiger partial charge in [-0.25, -0.2) is 0 Å². The molecule has 1 saturated carbocycles. The van der Waals surface area contributed by atoms with Gasteiger partial charge in [0.05, 0.1) is 7.11 Å². The zero-order valence-electron chi connectivity index (χ0n) is 14.1. The maximum Gasteiger partial charge on any atom is 0.119 e. The van der Waals surface area contributed by atoms with Gasteiger partial charge >= 0.3 is 0 Å². The Morgan fingerprint density at radius 3 is 2.91 bits per heavy atom. The molecule has 3 aliphatic carbocycles. The Hall–Kier alpha value is -1.24. The average Bonchev–Trinajstić information content (AvgIpc) is 2.98. The van der Waals surface area contributed by atoms with E-state index in [-0.39, 0.29) is 0 Å². The molecule has 0 unspecified atom stereocenters. The van der Waals surface area contributed by atoms with Crippen LogP contribution in [0.3, 0.4) is 0 Å². The molecule has 0 aromatic heterocycles. The van der Waals surface area contributed by atoms with Crippen LogP contribution in [-0.4, -0.2) is 7.11 Å². The molecule has 118 valence electrons. The summed E-state index contributed by atoms with van der Waals surface area (Å²) in [7, 11) is 1.77. The summed E-state index contributed by atoms with van der Waals surface area (Å²) >= 11 is 0. The van der Waals surface area contributed by atoms with E-state index in [0.29, 0.717) is 5.41 Å². The van der Waals surface area contributed by atoms with Gasteiger partial charge in [-0.3, -0.25) is 0 Å². The number of allylic oxidation sites excluding steroid dienone is 2. The molecule has 1 aromatic rings. The average molecular weight is 296 g/mol. The van der Waals surface area contributed by atoms with Crippen LogP contribution in [0.4, 0.5) is 0 Å². The Morgan fingerprint density at radius 1 is 1.18 bits per heavy atom. The van der Waals surface area contributed by atoms with E-state index in [1.165, 1.54) is 63.4 Å². The fourth-order valence-corrected chi connectivity index (χ4v) is 5.75. The van der Waals surface area contributed by atoms with Crippen molar-refractivity contribution in [2.75, 3.05) is 7.11 Å². The van der Waals surface area contributed by atoms with E-state index in [1.54, 1.807) is 18.2 Å². The molecule has 0 heterocycles. The van der Waals surface area contributed by atoms with E-state index >= 15 is 0 Å². The first-order valence-corrected chi connectivity index (χ1v) is 9.16. The van der Waals surface area contributed by atoms with Gasteiger partial charge in [-0.15, -0.1) is 0 Å². The van der Waals surface area contributed by atoms with Crippen molar-refractivity contribution in [3.63, 3.8) is 0 Å². The van der Waals surface area contributed by atoms with Crippen molar-refractivity contribution in [2.45, 2.75) is 64.7 Å². The topological polar surface area (TPSA) is 9.23 Å². The maximum absolute atomic E-state index is 5.42. The molecule has 1 nitrogen and oxygen atoms in total. The third kappa shape index (κ3) is 2.05. The lowest BCUT2D eigenvalue weighted by molar-refractivity contribution is 0.176. The molecule has 0 saturated heterocycles. The second-order valence-corrected chi connectivity index (χ2v) is 7.58. The van der Waals surface area contributed by atoms with Gasteiger partial charge in [-0.1, -0.05) is 31.4 Å². The van der Waals surface area contributed by atoms with E-state index in [2.05, 4.69) is 25.1 Å². The highest BCUT2D eigenvalue weighted by molar-refractivity contribution is 5.75. The van der Waals surface area contributed by atoms with Gasteiger partial charge in [0.2, 0.25) is 0 Å². The van der Waals surface area contributed by atoms with Crippen LogP contribution in [0.15, 0.2) is 23.8 Å². The summed E-state index contributed by atoms with van der Waals surface area (Å²) in [6.45, 7) is 2.37. The fraction of sp³-hybridized carbons (Fsp3) is 0.619. The van der Waals surface area contributed by atoms with Crippen molar-refractivity contribution >= 4 is 5.57 Å². The normalized spacial score (nSPS) is 29.8. The molecule has 1 aromatic carbocycles. The molecule has 0 amide bonds. The summed E-state index contributed by atoms with van der Waals surface area (Å²) in [6.07, 6.45) is 12.4. The molecule has 0 aliphatic heterocycles. The van der Waals surface area contributed by atoms with E-state index < -0.39 is 0 Å². The third-order valence-electron chi connectivity index (χ3n) is 6.64. The number of rotatable bonds is 3. The Bertz CT molecular complexity index is 612. The van der Waals surface area contributed by atoms with Crippen molar-refractivity contribution in [3.8, 4) is 5.75 Å². The van der Waals surface area contributed by atoms with Crippen molar-refractivity contribution in [3.05, 3.63) is 34.9 Å². The molecule has 2 atom stereocenters. The minimum atomic E-state index is 0.664. The summed E-state index contributed by atoms with van der Waals surface area (Å²) in [5, 5.41) is 0. The predicted octanol–water partition coefficient (Wildman–Crippen LogP) is 5.78. The number of ether oxygens (including phenoxy) is 1. The summed E-state index contributed by atoms with van der Waals surface area (Å²) in [5.74, 6) is 1.91. The lowest BCUT2D eigenvalue weighted by Crippen LogP contribution is -2.32. The van der Waals surface area contributed by atoms with Gasteiger partial charge in [-0.2, -0.15) is 0 Å². The van der Waals surface area contributed by atoms with Crippen molar-refractivity contribution in [2.24, 2.45) is 11.3 Å². The van der Waals surface area contributed by atoms with Crippen molar-refractivity contribution in [1.29, 1.82) is 0 Å². The molecule has 0 N–H and O–H groups in total. The number of fused-ring (bicyclic) bond motifs is 4. The van der Waals surface area contributed by atoms with Crippen molar-refractivity contribution < 1.29 is 4.74 Å². The van der Waals surface area contributed by atoms with Crippen LogP contribution in [0.25, 0.3) is 5.57 Å². The first-order chi connectivity index (χ1) is 10.8. The van der Waals surface area contributed by atoms with Crippen LogP contribution in [0, 0.1) is 11.3 Å². The van der Waals surface area contributed by atoms with E-state index in [0.717, 1.165) is 11.7 Å². The van der Waals surface area contributed by atoms with Crippen LogP contribution < -0.4 is 4.74 Å². The van der Waals surface area contributed by atoms with Crippen LogP contribution in [-0.2, 0) is 6.42 Å². The Morgan fingerprint density at radius 2 is 2.09 bits per heavy atom. The molecule has 0 bridgehead atoms. The Balaban J connectivity index is 1.75. The standard InChI is InChI=1S/C21H28O/c1-3-11-21-12-4-5-20(21)19-8-6-15-14-16(22-2)7-9-17(15)18(19)10-13-21/h7,9,14,20H,3-6,8,10-13H2,1-2H3/t20-,21-/m0/s1. The number of hydrogen-bond acceptors (Lipinski definition) is 1. The first kappa shape index (κ1) is 14.4. The van der Waals surface area contributed by atoms with Gasteiger partial charge in [0.1, 0.15) is 5.75 Å². The minimum Gasteiger partial charge on any atom is -0.497 e. The maximum atomic E-state index is 5.42. The van der Waals surface area contributed by atoms with Gasteiger partial charge in [-0.05, 0) is 85.1 Å². The SMILES string of the molecule is CCC[C@@]12CCC[C@H]1C1=C(CC2)c2ccc(OC)cc2CC1. The summed E-state index contributed by atoms with van der Waals surface area (Å²) in [4.78, 5) is 0. The Kier molecular flexibility index (Phi) is 3.55. The minimum absolute atomic E-state index is 0.664. The number of benzene rings is 1. The second-order valence-electron chi connectivity index (χ2n) is 7.58. The summed E-state index contributed by atoms with van der Waals surface area (Å²) in [5.41, 5.74) is 7.27. The van der Waals surface area contributed by atoms with Gasteiger partial charge in [0.15, 0.2) is 0 Å². The van der Waals surface area contributed by atoms with Gasteiger partial charge in [0.25, 0.3) is 0 Å². The molecule has 1 fully saturated rings. The van der Waals surface area contributed by atoms with Gasteiger partial charge in [0, 0.05) is 0 Å². The quantitative estimate of drug-likeness (QED) is 0.687. The molecule has 4 rings (SSSR count). The lowest BCUT2D eigenvalue weighted by atomic mass is 9.60. The monoisotopic (exact) mass is 296 g/mol. The van der Waals surface area contributed by atoms with Gasteiger partial charge < -0.3 is 4.74 Å². The molecule has 0 radical (unpaired) electrons. The first-order valence-electron chi connectivity index (χ1n) is 9.16. The molecular weight excluding hydrogens is 268 g/mol. The number of aryl methyl sites for hydroxylation is 1. The van der Waals surface area contributed by atoms with Crippen LogP contribution in [0.5, 0.6) is 5.75 Å². The summed E-state index contributed by atoms with van der Waals surface area (Å²) in [6, 6.07) is 6.74. The van der Waals surface area contributed by atoms with E-state index in [1.807, 2.05) is 5.57 Å². The fourth-order valence-electron chi connectivity index (χ4n) is 5.75. The predicted molar refractivity (Wildman–Crippen MR) is 92.2 cm³/mol. The zero-order chi connectivity index (χ0) is 15.2. The van der Waals surface area contributed by atoms with Crippen LogP contribution in [0.2, 0.25) is 0 Å². The zero-order valence-corrected chi connectivity index (χ0v) is 14.1. The molecule has 22 heavy (non-hydrogen) atoms. The van der Waals surface area contributed by atoms with Crippen molar-refractivity contribution in [1.82, 2.24) is 0 Å². The Labute approximate surface area is 134 Å². The molecule has 1 heteroatoms. The third-order valence-corrected chi connectivity index (χ3v) is 6.64. The second kappa shape index (κ2) is 5.44.